The van der Waals surface area contributed by atoms with Gasteiger partial charge in [0.05, 0.1) is 5.41 Å². The van der Waals surface area contributed by atoms with E-state index in [1.807, 2.05) is 0 Å². The van der Waals surface area contributed by atoms with E-state index in [-0.39, 0.29) is 12.6 Å². The number of hydrogen-bond donors (Lipinski definition) is 3. The molecule has 2 aliphatic carbocycles. The third kappa shape index (κ3) is 2.94. The van der Waals surface area contributed by atoms with Gasteiger partial charge in [0, 0.05) is 13.1 Å². The number of carbonyl (C=O) groups is 2. The van der Waals surface area contributed by atoms with Crippen molar-refractivity contribution in [3.05, 3.63) is 0 Å². The summed E-state index contributed by atoms with van der Waals surface area (Å²) in [5.41, 5.74) is -0.551. The van der Waals surface area contributed by atoms with E-state index in [0.717, 1.165) is 12.5 Å². The minimum Gasteiger partial charge on any atom is -0.481 e. The van der Waals surface area contributed by atoms with Gasteiger partial charge in [0.25, 0.3) is 0 Å². The van der Waals surface area contributed by atoms with Gasteiger partial charge < -0.3 is 15.7 Å². The van der Waals surface area contributed by atoms with Gasteiger partial charge in [-0.05, 0) is 50.9 Å². The predicted octanol–water partition coefficient (Wildman–Crippen LogP) is 1.59. The van der Waals surface area contributed by atoms with E-state index in [1.54, 1.807) is 13.8 Å². The van der Waals surface area contributed by atoms with Crippen LogP contribution in [0.2, 0.25) is 0 Å². The number of hydrogen-bond acceptors (Lipinski definition) is 2. The van der Waals surface area contributed by atoms with E-state index in [4.69, 9.17) is 5.11 Å². The van der Waals surface area contributed by atoms with Crippen LogP contribution >= 0.6 is 0 Å². The molecular weight excluding hydrogens is 232 g/mol. The zero-order valence-corrected chi connectivity index (χ0v) is 11.1. The number of aliphatic carboxylic acids is 1. The highest BCUT2D eigenvalue weighted by molar-refractivity contribution is 5.77. The molecule has 0 bridgehead atoms. The molecule has 2 fully saturated rings. The number of nitrogens with one attached hydrogen (secondary N) is 2. The lowest BCUT2D eigenvalue weighted by Crippen LogP contribution is -2.45. The molecule has 2 aliphatic rings. The van der Waals surface area contributed by atoms with Crippen LogP contribution in [0.5, 0.6) is 0 Å². The fourth-order valence-electron chi connectivity index (χ4n) is 2.28. The topological polar surface area (TPSA) is 78.4 Å². The first kappa shape index (κ1) is 13.2. The van der Waals surface area contributed by atoms with Gasteiger partial charge >= 0.3 is 12.0 Å². The van der Waals surface area contributed by atoms with E-state index in [1.165, 1.54) is 25.7 Å². The fourth-order valence-corrected chi connectivity index (χ4v) is 2.28. The smallest absolute Gasteiger partial charge is 0.314 e. The quantitative estimate of drug-likeness (QED) is 0.673. The molecule has 0 aromatic rings. The Kier molecular flexibility index (Phi) is 3.25. The molecule has 3 N–H and O–H groups in total. The minimum absolute atomic E-state index is 0.143. The van der Waals surface area contributed by atoms with Crippen molar-refractivity contribution in [3.63, 3.8) is 0 Å². The Balaban J connectivity index is 1.68. The summed E-state index contributed by atoms with van der Waals surface area (Å²) in [6.45, 7) is 4.08. The summed E-state index contributed by atoms with van der Waals surface area (Å²) >= 11 is 0. The Bertz CT molecular complexity index is 357. The van der Waals surface area contributed by atoms with Gasteiger partial charge in [-0.2, -0.15) is 0 Å². The summed E-state index contributed by atoms with van der Waals surface area (Å²) in [4.78, 5) is 22.5. The Hall–Kier alpha value is -1.26. The zero-order chi connectivity index (χ0) is 13.4. The predicted molar refractivity (Wildman–Crippen MR) is 67.2 cm³/mol. The van der Waals surface area contributed by atoms with Gasteiger partial charge in [0.1, 0.15) is 0 Å². The second-order valence-electron chi connectivity index (χ2n) is 6.36. The Morgan fingerprint density at radius 3 is 2.33 bits per heavy atom. The summed E-state index contributed by atoms with van der Waals surface area (Å²) < 4.78 is 0. The highest BCUT2D eigenvalue weighted by Crippen LogP contribution is 2.60. The van der Waals surface area contributed by atoms with Gasteiger partial charge in [-0.3, -0.25) is 4.79 Å². The molecule has 0 aliphatic heterocycles. The van der Waals surface area contributed by atoms with Crippen LogP contribution in [0.25, 0.3) is 0 Å². The Morgan fingerprint density at radius 1 is 1.28 bits per heavy atom. The van der Waals surface area contributed by atoms with Crippen LogP contribution < -0.4 is 10.6 Å². The molecule has 0 radical (unpaired) electrons. The van der Waals surface area contributed by atoms with Crippen molar-refractivity contribution in [2.75, 3.05) is 13.1 Å². The summed E-state index contributed by atoms with van der Waals surface area (Å²) in [5, 5.41) is 14.4. The summed E-state index contributed by atoms with van der Waals surface area (Å²) in [6, 6.07) is -0.253. The molecule has 18 heavy (non-hydrogen) atoms. The van der Waals surface area contributed by atoms with Crippen molar-refractivity contribution in [1.29, 1.82) is 0 Å². The van der Waals surface area contributed by atoms with Crippen molar-refractivity contribution in [2.45, 2.75) is 39.5 Å². The highest BCUT2D eigenvalue weighted by atomic mass is 16.4. The lowest BCUT2D eigenvalue weighted by atomic mass is 9.94. The molecule has 2 rings (SSSR count). The number of carbonyl (C=O) groups excluding carboxylic acids is 1. The van der Waals surface area contributed by atoms with Gasteiger partial charge in [0.15, 0.2) is 0 Å². The molecule has 0 atom stereocenters. The fraction of sp³-hybridized carbons (Fsp3) is 0.846. The first-order chi connectivity index (χ1) is 8.36. The lowest BCUT2D eigenvalue weighted by Gasteiger charge is -2.20. The van der Waals surface area contributed by atoms with E-state index >= 15 is 0 Å². The molecule has 0 heterocycles. The molecule has 102 valence electrons. The summed E-state index contributed by atoms with van der Waals surface area (Å²) in [7, 11) is 0. The Labute approximate surface area is 107 Å². The standard InChI is InChI=1S/C13H22N2O3/c1-12(2,10(16)17)7-14-11(18)15-8-13(5-6-13)9-3-4-9/h9H,3-8H2,1-2H3,(H,16,17)(H2,14,15,18). The van der Waals surface area contributed by atoms with Gasteiger partial charge in [-0.15, -0.1) is 0 Å². The molecule has 0 saturated heterocycles. The van der Waals surface area contributed by atoms with E-state index in [0.29, 0.717) is 5.41 Å². The molecule has 5 nitrogen and oxygen atoms in total. The average molecular weight is 254 g/mol. The maximum atomic E-state index is 11.6. The summed E-state index contributed by atoms with van der Waals surface area (Å²) in [6.07, 6.45) is 5.04. The number of urea groups is 1. The van der Waals surface area contributed by atoms with Crippen LogP contribution in [-0.2, 0) is 4.79 Å². The summed E-state index contributed by atoms with van der Waals surface area (Å²) in [5.74, 6) is -0.0901. The van der Waals surface area contributed by atoms with Crippen LogP contribution in [0.4, 0.5) is 4.79 Å². The van der Waals surface area contributed by atoms with Gasteiger partial charge in [0.2, 0.25) is 0 Å². The van der Waals surface area contributed by atoms with Crippen molar-refractivity contribution < 1.29 is 14.7 Å². The van der Waals surface area contributed by atoms with Crippen molar-refractivity contribution in [3.8, 4) is 0 Å². The number of amides is 2. The maximum Gasteiger partial charge on any atom is 0.314 e. The Morgan fingerprint density at radius 2 is 1.89 bits per heavy atom. The largest absolute Gasteiger partial charge is 0.481 e. The highest BCUT2D eigenvalue weighted by Gasteiger charge is 2.53. The van der Waals surface area contributed by atoms with Crippen LogP contribution in [0, 0.1) is 16.7 Å². The second-order valence-corrected chi connectivity index (χ2v) is 6.36. The van der Waals surface area contributed by atoms with Crippen molar-refractivity contribution in [2.24, 2.45) is 16.7 Å². The molecular formula is C13H22N2O3. The van der Waals surface area contributed by atoms with Crippen molar-refractivity contribution in [1.82, 2.24) is 10.6 Å². The van der Waals surface area contributed by atoms with E-state index < -0.39 is 11.4 Å². The SMILES string of the molecule is CC(C)(CNC(=O)NCC1(C2CC2)CC1)C(=O)O. The van der Waals surface area contributed by atoms with E-state index in [9.17, 15) is 9.59 Å². The number of carboxylic acids is 1. The first-order valence-electron chi connectivity index (χ1n) is 6.61. The molecule has 2 saturated carbocycles. The number of rotatable bonds is 6. The third-order valence-electron chi connectivity index (χ3n) is 4.21. The zero-order valence-electron chi connectivity index (χ0n) is 11.1. The minimum atomic E-state index is -0.925. The first-order valence-corrected chi connectivity index (χ1v) is 6.61. The van der Waals surface area contributed by atoms with Crippen LogP contribution in [-0.4, -0.2) is 30.2 Å². The van der Waals surface area contributed by atoms with Crippen LogP contribution in [0.3, 0.4) is 0 Å². The van der Waals surface area contributed by atoms with Gasteiger partial charge in [-0.25, -0.2) is 4.79 Å². The average Bonchev–Trinajstić information content (AvgIpc) is 3.15. The lowest BCUT2D eigenvalue weighted by molar-refractivity contribution is -0.146. The maximum absolute atomic E-state index is 11.6. The number of carboxylic acid groups (broad SMARTS) is 1. The third-order valence-corrected chi connectivity index (χ3v) is 4.21. The molecule has 0 unspecified atom stereocenters. The normalized spacial score (nSPS) is 21.2. The molecule has 0 spiro atoms. The van der Waals surface area contributed by atoms with Crippen LogP contribution in [0.15, 0.2) is 0 Å². The molecule has 0 aromatic carbocycles. The molecule has 5 heteroatoms. The van der Waals surface area contributed by atoms with Gasteiger partial charge in [-0.1, -0.05) is 0 Å². The van der Waals surface area contributed by atoms with Crippen LogP contribution in [0.1, 0.15) is 39.5 Å². The molecule has 2 amide bonds. The van der Waals surface area contributed by atoms with E-state index in [2.05, 4.69) is 10.6 Å². The second kappa shape index (κ2) is 4.44. The van der Waals surface area contributed by atoms with Crippen molar-refractivity contribution >= 4 is 12.0 Å². The monoisotopic (exact) mass is 254 g/mol. The molecule has 0 aromatic heterocycles.